The molecule has 2 rings (SSSR count). The standard InChI is InChI=1S/C13H15NOS3/c1-9(2)14(7-11-4-3-5-17-11)13(15)12-6-10(16)8-18-12/h3-6,8-9,16H,7H2,1-2H3. The lowest BCUT2D eigenvalue weighted by molar-refractivity contribution is 0.0697. The Balaban J connectivity index is 2.17. The Morgan fingerprint density at radius 1 is 1.44 bits per heavy atom. The van der Waals surface area contributed by atoms with E-state index in [1.165, 1.54) is 16.2 Å². The zero-order valence-corrected chi connectivity index (χ0v) is 12.8. The molecule has 0 aliphatic carbocycles. The SMILES string of the molecule is CC(C)N(Cc1cccs1)C(=O)c1cc(S)cs1. The molecule has 5 heteroatoms. The average Bonchev–Trinajstić information content (AvgIpc) is 2.95. The van der Waals surface area contributed by atoms with Crippen LogP contribution in [0.25, 0.3) is 0 Å². The molecule has 96 valence electrons. The van der Waals surface area contributed by atoms with Gasteiger partial charge in [0.1, 0.15) is 0 Å². The number of nitrogens with zero attached hydrogens (tertiary/aromatic N) is 1. The van der Waals surface area contributed by atoms with Gasteiger partial charge in [-0.15, -0.1) is 35.3 Å². The molecule has 0 N–H and O–H groups in total. The summed E-state index contributed by atoms with van der Waals surface area (Å²) in [6.45, 7) is 4.76. The first-order valence-electron chi connectivity index (χ1n) is 5.69. The predicted molar refractivity (Wildman–Crippen MR) is 80.9 cm³/mol. The smallest absolute Gasteiger partial charge is 0.264 e. The molecule has 0 saturated carbocycles. The number of hydrogen-bond donors (Lipinski definition) is 1. The summed E-state index contributed by atoms with van der Waals surface area (Å²) in [5.74, 6) is 0.0868. The summed E-state index contributed by atoms with van der Waals surface area (Å²) in [5.41, 5.74) is 0. The van der Waals surface area contributed by atoms with E-state index in [1.807, 2.05) is 41.6 Å². The molecule has 0 saturated heterocycles. The van der Waals surface area contributed by atoms with E-state index in [9.17, 15) is 4.79 Å². The molecule has 0 aromatic carbocycles. The van der Waals surface area contributed by atoms with Crippen molar-refractivity contribution in [1.29, 1.82) is 0 Å². The van der Waals surface area contributed by atoms with Gasteiger partial charge in [-0.25, -0.2) is 0 Å². The van der Waals surface area contributed by atoms with Crippen molar-refractivity contribution in [3.05, 3.63) is 38.7 Å². The van der Waals surface area contributed by atoms with Gasteiger partial charge in [0.15, 0.2) is 0 Å². The lowest BCUT2D eigenvalue weighted by Crippen LogP contribution is -2.35. The third kappa shape index (κ3) is 3.16. The quantitative estimate of drug-likeness (QED) is 0.841. The van der Waals surface area contributed by atoms with Crippen molar-refractivity contribution in [2.24, 2.45) is 0 Å². The molecule has 1 amide bonds. The highest BCUT2D eigenvalue weighted by atomic mass is 32.1. The van der Waals surface area contributed by atoms with Crippen LogP contribution in [0.2, 0.25) is 0 Å². The highest BCUT2D eigenvalue weighted by Crippen LogP contribution is 2.22. The summed E-state index contributed by atoms with van der Waals surface area (Å²) < 4.78 is 0. The first-order chi connectivity index (χ1) is 8.58. The van der Waals surface area contributed by atoms with Gasteiger partial charge in [-0.05, 0) is 31.4 Å². The molecule has 0 bridgehead atoms. The van der Waals surface area contributed by atoms with Crippen LogP contribution in [0, 0.1) is 0 Å². The predicted octanol–water partition coefficient (Wildman–Crippen LogP) is 4.15. The van der Waals surface area contributed by atoms with Crippen LogP contribution in [-0.2, 0) is 6.54 Å². The van der Waals surface area contributed by atoms with Gasteiger partial charge < -0.3 is 4.90 Å². The van der Waals surface area contributed by atoms with Crippen molar-refractivity contribution in [2.45, 2.75) is 31.3 Å². The van der Waals surface area contributed by atoms with Gasteiger partial charge in [0.25, 0.3) is 5.91 Å². The van der Waals surface area contributed by atoms with Crippen LogP contribution < -0.4 is 0 Å². The number of hydrogen-bond acceptors (Lipinski definition) is 4. The van der Waals surface area contributed by atoms with Crippen LogP contribution in [0.3, 0.4) is 0 Å². The van der Waals surface area contributed by atoms with E-state index in [2.05, 4.69) is 18.7 Å². The van der Waals surface area contributed by atoms with E-state index in [0.29, 0.717) is 6.54 Å². The molecule has 0 aliphatic heterocycles. The summed E-state index contributed by atoms with van der Waals surface area (Å²) >= 11 is 7.38. The Morgan fingerprint density at radius 2 is 2.22 bits per heavy atom. The molecule has 2 heterocycles. The fourth-order valence-electron chi connectivity index (χ4n) is 1.64. The van der Waals surface area contributed by atoms with Gasteiger partial charge in [-0.3, -0.25) is 4.79 Å². The van der Waals surface area contributed by atoms with Crippen molar-refractivity contribution < 1.29 is 4.79 Å². The summed E-state index contributed by atoms with van der Waals surface area (Å²) in [6.07, 6.45) is 0. The molecule has 0 unspecified atom stereocenters. The lowest BCUT2D eigenvalue weighted by Gasteiger charge is -2.25. The molecular weight excluding hydrogens is 282 g/mol. The zero-order chi connectivity index (χ0) is 13.1. The summed E-state index contributed by atoms with van der Waals surface area (Å²) in [5, 5.41) is 3.93. The van der Waals surface area contributed by atoms with Crippen molar-refractivity contribution in [3.8, 4) is 0 Å². The molecule has 2 nitrogen and oxygen atoms in total. The van der Waals surface area contributed by atoms with E-state index in [4.69, 9.17) is 0 Å². The second kappa shape index (κ2) is 5.91. The minimum atomic E-state index is 0.0868. The van der Waals surface area contributed by atoms with Crippen LogP contribution in [0.15, 0.2) is 33.9 Å². The third-order valence-electron chi connectivity index (χ3n) is 2.59. The number of thiol groups is 1. The first kappa shape index (κ1) is 13.6. The summed E-state index contributed by atoms with van der Waals surface area (Å²) in [7, 11) is 0. The molecule has 0 fully saturated rings. The maximum atomic E-state index is 12.4. The van der Waals surface area contributed by atoms with E-state index in [1.54, 1.807) is 11.3 Å². The van der Waals surface area contributed by atoms with Gasteiger partial charge in [0, 0.05) is 21.2 Å². The minimum absolute atomic E-state index is 0.0868. The van der Waals surface area contributed by atoms with Crippen LogP contribution in [0.4, 0.5) is 0 Å². The highest BCUT2D eigenvalue weighted by Gasteiger charge is 2.20. The molecule has 0 spiro atoms. The molecule has 0 atom stereocenters. The Hall–Kier alpha value is -0.780. The Labute approximate surface area is 121 Å². The van der Waals surface area contributed by atoms with Crippen LogP contribution >= 0.6 is 35.3 Å². The van der Waals surface area contributed by atoms with E-state index in [0.717, 1.165) is 9.77 Å². The molecule has 0 aliphatic rings. The van der Waals surface area contributed by atoms with Crippen LogP contribution in [0.5, 0.6) is 0 Å². The average molecular weight is 297 g/mol. The van der Waals surface area contributed by atoms with E-state index < -0.39 is 0 Å². The number of amides is 1. The fourth-order valence-corrected chi connectivity index (χ4v) is 3.45. The van der Waals surface area contributed by atoms with E-state index >= 15 is 0 Å². The zero-order valence-electron chi connectivity index (χ0n) is 10.3. The monoisotopic (exact) mass is 297 g/mol. The second-order valence-electron chi connectivity index (χ2n) is 4.28. The Bertz CT molecular complexity index is 516. The molecule has 2 aromatic rings. The van der Waals surface area contributed by atoms with E-state index in [-0.39, 0.29) is 11.9 Å². The van der Waals surface area contributed by atoms with Gasteiger partial charge in [0.2, 0.25) is 0 Å². The number of rotatable bonds is 4. The maximum absolute atomic E-state index is 12.4. The molecule has 0 radical (unpaired) electrons. The largest absolute Gasteiger partial charge is 0.330 e. The number of thiophene rings is 2. The Morgan fingerprint density at radius 3 is 2.72 bits per heavy atom. The van der Waals surface area contributed by atoms with Crippen LogP contribution in [-0.4, -0.2) is 16.8 Å². The topological polar surface area (TPSA) is 20.3 Å². The normalized spacial score (nSPS) is 10.9. The number of carbonyl (C=O) groups is 1. The number of carbonyl (C=O) groups excluding carboxylic acids is 1. The third-order valence-corrected chi connectivity index (χ3v) is 4.80. The first-order valence-corrected chi connectivity index (χ1v) is 7.89. The highest BCUT2D eigenvalue weighted by molar-refractivity contribution is 7.80. The molecular formula is C13H15NOS3. The molecule has 18 heavy (non-hydrogen) atoms. The van der Waals surface area contributed by atoms with Crippen LogP contribution in [0.1, 0.15) is 28.4 Å². The van der Waals surface area contributed by atoms with Gasteiger partial charge >= 0.3 is 0 Å². The van der Waals surface area contributed by atoms with Crippen molar-refractivity contribution in [3.63, 3.8) is 0 Å². The molecule has 2 aromatic heterocycles. The van der Waals surface area contributed by atoms with Crippen molar-refractivity contribution >= 4 is 41.2 Å². The maximum Gasteiger partial charge on any atom is 0.264 e. The van der Waals surface area contributed by atoms with Crippen molar-refractivity contribution in [1.82, 2.24) is 4.90 Å². The summed E-state index contributed by atoms with van der Waals surface area (Å²) in [6, 6.07) is 6.09. The van der Waals surface area contributed by atoms with Crippen molar-refractivity contribution in [2.75, 3.05) is 0 Å². The van der Waals surface area contributed by atoms with Gasteiger partial charge in [-0.1, -0.05) is 6.07 Å². The van der Waals surface area contributed by atoms with Gasteiger partial charge in [0.05, 0.1) is 11.4 Å². The summed E-state index contributed by atoms with van der Waals surface area (Å²) in [4.78, 5) is 17.1. The lowest BCUT2D eigenvalue weighted by atomic mass is 10.2. The second-order valence-corrected chi connectivity index (χ2v) is 6.74. The minimum Gasteiger partial charge on any atom is -0.330 e. The fraction of sp³-hybridized carbons (Fsp3) is 0.308. The Kier molecular flexibility index (Phi) is 4.48. The van der Waals surface area contributed by atoms with Gasteiger partial charge in [-0.2, -0.15) is 0 Å².